The zero-order chi connectivity index (χ0) is 11.4. The molecule has 1 aromatic heterocycles. The van der Waals surface area contributed by atoms with Crippen LogP contribution in [-0.4, -0.2) is 28.5 Å². The van der Waals surface area contributed by atoms with Crippen molar-refractivity contribution in [2.24, 2.45) is 5.73 Å². The number of aromatic nitrogens is 2. The van der Waals surface area contributed by atoms with Crippen LogP contribution in [0.2, 0.25) is 0 Å². The highest BCUT2D eigenvalue weighted by Crippen LogP contribution is 2.03. The summed E-state index contributed by atoms with van der Waals surface area (Å²) in [5.41, 5.74) is 6.72. The fourth-order valence-electron chi connectivity index (χ4n) is 1.16. The van der Waals surface area contributed by atoms with Crippen molar-refractivity contribution in [3.8, 4) is 0 Å². The molecule has 1 atom stereocenters. The van der Waals surface area contributed by atoms with Gasteiger partial charge in [-0.15, -0.1) is 0 Å². The molecular weight excluding hydrogens is 192 g/mol. The summed E-state index contributed by atoms with van der Waals surface area (Å²) in [6.07, 6.45) is 1.54. The number of rotatable bonds is 3. The first kappa shape index (κ1) is 11.6. The molecule has 0 aliphatic carbocycles. The van der Waals surface area contributed by atoms with Crippen LogP contribution in [0.25, 0.3) is 0 Å². The van der Waals surface area contributed by atoms with E-state index < -0.39 is 0 Å². The van der Waals surface area contributed by atoms with Gasteiger partial charge in [-0.2, -0.15) is 0 Å². The third kappa shape index (κ3) is 3.28. The van der Waals surface area contributed by atoms with Gasteiger partial charge in [-0.25, -0.2) is 9.97 Å². The summed E-state index contributed by atoms with van der Waals surface area (Å²) in [5.74, 6) is 0.487. The molecule has 0 aromatic carbocycles. The third-order valence-electron chi connectivity index (χ3n) is 1.93. The van der Waals surface area contributed by atoms with Crippen LogP contribution in [-0.2, 0) is 0 Å². The van der Waals surface area contributed by atoms with Gasteiger partial charge in [-0.3, -0.25) is 4.79 Å². The van der Waals surface area contributed by atoms with Gasteiger partial charge in [0.2, 0.25) is 0 Å². The number of carbonyl (C=O) groups excluding carboxylic acids is 1. The molecule has 1 amide bonds. The molecule has 5 heteroatoms. The Balaban J connectivity index is 2.74. The van der Waals surface area contributed by atoms with E-state index >= 15 is 0 Å². The van der Waals surface area contributed by atoms with Crippen molar-refractivity contribution >= 4 is 5.91 Å². The first-order valence-corrected chi connectivity index (χ1v) is 4.84. The molecule has 0 fully saturated rings. The lowest BCUT2D eigenvalue weighted by molar-refractivity contribution is 0.0950. The van der Waals surface area contributed by atoms with Gasteiger partial charge in [0.25, 0.3) is 5.91 Å². The van der Waals surface area contributed by atoms with E-state index in [4.69, 9.17) is 5.73 Å². The summed E-state index contributed by atoms with van der Waals surface area (Å²) < 4.78 is 0. The minimum absolute atomic E-state index is 0.0550. The van der Waals surface area contributed by atoms with E-state index in [2.05, 4.69) is 15.3 Å². The van der Waals surface area contributed by atoms with Crippen LogP contribution in [0, 0.1) is 13.8 Å². The largest absolute Gasteiger partial charge is 0.350 e. The van der Waals surface area contributed by atoms with E-state index in [1.165, 1.54) is 6.20 Å². The molecule has 1 heterocycles. The molecule has 1 unspecified atom stereocenters. The van der Waals surface area contributed by atoms with E-state index in [1.54, 1.807) is 13.8 Å². The fourth-order valence-corrected chi connectivity index (χ4v) is 1.16. The lowest BCUT2D eigenvalue weighted by atomic mass is 10.2. The molecule has 1 aromatic rings. The molecule has 0 aliphatic rings. The van der Waals surface area contributed by atoms with E-state index in [9.17, 15) is 4.79 Å². The second-order valence-corrected chi connectivity index (χ2v) is 3.60. The summed E-state index contributed by atoms with van der Waals surface area (Å²) in [7, 11) is 0. The minimum atomic E-state index is -0.176. The Morgan fingerprint density at radius 1 is 1.60 bits per heavy atom. The van der Waals surface area contributed by atoms with Gasteiger partial charge in [0.05, 0.1) is 11.3 Å². The average Bonchev–Trinajstić information content (AvgIpc) is 2.14. The first-order chi connectivity index (χ1) is 7.00. The standard InChI is InChI=1S/C10H16N4O/c1-6(11)4-13-10(15)9-5-12-8(3)14-7(9)2/h5-6H,4,11H2,1-3H3,(H,13,15). The van der Waals surface area contributed by atoms with Crippen molar-refractivity contribution in [3.05, 3.63) is 23.3 Å². The molecule has 0 aliphatic heterocycles. The van der Waals surface area contributed by atoms with Crippen molar-refractivity contribution in [3.63, 3.8) is 0 Å². The number of amides is 1. The molecule has 0 radical (unpaired) electrons. The number of aryl methyl sites for hydroxylation is 2. The Bertz CT molecular complexity index is 362. The molecule has 5 nitrogen and oxygen atoms in total. The second-order valence-electron chi connectivity index (χ2n) is 3.60. The highest BCUT2D eigenvalue weighted by atomic mass is 16.1. The van der Waals surface area contributed by atoms with E-state index in [0.29, 0.717) is 23.6 Å². The molecule has 0 spiro atoms. The number of nitrogens with two attached hydrogens (primary N) is 1. The summed E-state index contributed by atoms with van der Waals surface area (Å²) in [6.45, 7) is 5.86. The average molecular weight is 208 g/mol. The van der Waals surface area contributed by atoms with Crippen LogP contribution in [0.1, 0.15) is 28.8 Å². The van der Waals surface area contributed by atoms with Crippen LogP contribution in [0.4, 0.5) is 0 Å². The Labute approximate surface area is 89.1 Å². The van der Waals surface area contributed by atoms with Gasteiger partial charge < -0.3 is 11.1 Å². The summed E-state index contributed by atoms with van der Waals surface area (Å²) in [4.78, 5) is 19.7. The van der Waals surface area contributed by atoms with Crippen molar-refractivity contribution in [1.29, 1.82) is 0 Å². The SMILES string of the molecule is Cc1ncc(C(=O)NCC(C)N)c(C)n1. The number of hydrogen-bond donors (Lipinski definition) is 2. The van der Waals surface area contributed by atoms with Crippen LogP contribution in [0.15, 0.2) is 6.20 Å². The molecule has 0 saturated carbocycles. The minimum Gasteiger partial charge on any atom is -0.350 e. The maximum Gasteiger partial charge on any atom is 0.254 e. The lowest BCUT2D eigenvalue weighted by Crippen LogP contribution is -2.35. The van der Waals surface area contributed by atoms with Crippen LogP contribution in [0.5, 0.6) is 0 Å². The van der Waals surface area contributed by atoms with Gasteiger partial charge in [0.15, 0.2) is 0 Å². The van der Waals surface area contributed by atoms with E-state index in [0.717, 1.165) is 0 Å². The van der Waals surface area contributed by atoms with Gasteiger partial charge in [-0.1, -0.05) is 0 Å². The molecule has 15 heavy (non-hydrogen) atoms. The molecule has 3 N–H and O–H groups in total. The smallest absolute Gasteiger partial charge is 0.254 e. The highest BCUT2D eigenvalue weighted by Gasteiger charge is 2.10. The number of hydrogen-bond acceptors (Lipinski definition) is 4. The predicted octanol–water partition coefficient (Wildman–Crippen LogP) is 0.170. The molecular formula is C10H16N4O. The van der Waals surface area contributed by atoms with E-state index in [1.807, 2.05) is 6.92 Å². The molecule has 0 bridgehead atoms. The van der Waals surface area contributed by atoms with Gasteiger partial charge >= 0.3 is 0 Å². The fraction of sp³-hybridized carbons (Fsp3) is 0.500. The van der Waals surface area contributed by atoms with Gasteiger partial charge in [-0.05, 0) is 20.8 Å². The predicted molar refractivity (Wildman–Crippen MR) is 57.5 cm³/mol. The summed E-state index contributed by atoms with van der Waals surface area (Å²) >= 11 is 0. The Kier molecular flexibility index (Phi) is 3.74. The lowest BCUT2D eigenvalue weighted by Gasteiger charge is -2.08. The van der Waals surface area contributed by atoms with Crippen LogP contribution in [0.3, 0.4) is 0 Å². The topological polar surface area (TPSA) is 80.9 Å². The van der Waals surface area contributed by atoms with Crippen molar-refractivity contribution in [2.75, 3.05) is 6.54 Å². The highest BCUT2D eigenvalue weighted by molar-refractivity contribution is 5.94. The zero-order valence-corrected chi connectivity index (χ0v) is 9.24. The first-order valence-electron chi connectivity index (χ1n) is 4.84. The summed E-state index contributed by atoms with van der Waals surface area (Å²) in [5, 5.41) is 2.71. The van der Waals surface area contributed by atoms with E-state index in [-0.39, 0.29) is 11.9 Å². The number of carbonyl (C=O) groups is 1. The quantitative estimate of drug-likeness (QED) is 0.742. The Morgan fingerprint density at radius 3 is 2.80 bits per heavy atom. The Hall–Kier alpha value is -1.49. The molecule has 0 saturated heterocycles. The van der Waals surface area contributed by atoms with Crippen molar-refractivity contribution < 1.29 is 4.79 Å². The normalized spacial score (nSPS) is 12.3. The van der Waals surface area contributed by atoms with Gasteiger partial charge in [0, 0.05) is 18.8 Å². The molecule has 82 valence electrons. The monoisotopic (exact) mass is 208 g/mol. The number of nitrogens with zero attached hydrogens (tertiary/aromatic N) is 2. The summed E-state index contributed by atoms with van der Waals surface area (Å²) in [6, 6.07) is -0.0550. The maximum absolute atomic E-state index is 11.6. The maximum atomic E-state index is 11.6. The van der Waals surface area contributed by atoms with Gasteiger partial charge in [0.1, 0.15) is 5.82 Å². The van der Waals surface area contributed by atoms with Crippen molar-refractivity contribution in [2.45, 2.75) is 26.8 Å². The third-order valence-corrected chi connectivity index (χ3v) is 1.93. The second kappa shape index (κ2) is 4.84. The Morgan fingerprint density at radius 2 is 2.27 bits per heavy atom. The zero-order valence-electron chi connectivity index (χ0n) is 9.24. The van der Waals surface area contributed by atoms with Crippen LogP contribution < -0.4 is 11.1 Å². The molecule has 1 rings (SSSR count). The van der Waals surface area contributed by atoms with Crippen LogP contribution >= 0.6 is 0 Å². The number of nitrogens with one attached hydrogen (secondary N) is 1. The van der Waals surface area contributed by atoms with Crippen molar-refractivity contribution in [1.82, 2.24) is 15.3 Å².